The topological polar surface area (TPSA) is 70.8 Å². The van der Waals surface area contributed by atoms with Crippen LogP contribution in [0.5, 0.6) is 0 Å². The van der Waals surface area contributed by atoms with Crippen LogP contribution in [0.1, 0.15) is 24.6 Å². The van der Waals surface area contributed by atoms with Gasteiger partial charge in [-0.15, -0.1) is 0 Å². The predicted molar refractivity (Wildman–Crippen MR) is 49.1 cm³/mol. The van der Waals surface area contributed by atoms with Crippen LogP contribution < -0.4 is 5.73 Å². The van der Waals surface area contributed by atoms with E-state index in [4.69, 9.17) is 5.73 Å². The molecule has 3 N–H and O–H groups in total. The molecule has 1 aromatic rings. The summed E-state index contributed by atoms with van der Waals surface area (Å²) in [6.07, 6.45) is 0. The maximum absolute atomic E-state index is 5.70. The molecule has 0 bridgehead atoms. The van der Waals surface area contributed by atoms with Gasteiger partial charge in [0.25, 0.3) is 0 Å². The Morgan fingerprint density at radius 2 is 2.31 bits per heavy atom. The number of aryl methyl sites for hydroxylation is 1. The van der Waals surface area contributed by atoms with Crippen LogP contribution in [-0.4, -0.2) is 39.2 Å². The van der Waals surface area contributed by atoms with Crippen LogP contribution in [0.3, 0.4) is 0 Å². The standard InChI is InChI=1S/C8H15N5/c1-5(13-3-7(9)4-13)8-10-6(2)11-12-8/h5,7H,3-4,9H2,1-2H3,(H,10,11,12). The van der Waals surface area contributed by atoms with Crippen molar-refractivity contribution in [1.82, 2.24) is 20.1 Å². The Morgan fingerprint density at radius 3 is 2.77 bits per heavy atom. The van der Waals surface area contributed by atoms with Crippen molar-refractivity contribution in [1.29, 1.82) is 0 Å². The Kier molecular flexibility index (Phi) is 2.05. The van der Waals surface area contributed by atoms with Crippen molar-refractivity contribution in [2.75, 3.05) is 13.1 Å². The summed E-state index contributed by atoms with van der Waals surface area (Å²) in [5, 5.41) is 6.97. The molecule has 2 heterocycles. The molecule has 5 nitrogen and oxygen atoms in total. The Hall–Kier alpha value is -0.940. The molecule has 0 aromatic carbocycles. The van der Waals surface area contributed by atoms with E-state index in [0.29, 0.717) is 6.04 Å². The maximum Gasteiger partial charge on any atom is 0.167 e. The average molecular weight is 181 g/mol. The summed E-state index contributed by atoms with van der Waals surface area (Å²) < 4.78 is 0. The van der Waals surface area contributed by atoms with Crippen molar-refractivity contribution in [2.45, 2.75) is 25.9 Å². The molecule has 1 aliphatic rings. The fourth-order valence-corrected chi connectivity index (χ4v) is 1.58. The number of rotatable bonds is 2. The first-order valence-electron chi connectivity index (χ1n) is 4.55. The van der Waals surface area contributed by atoms with Crippen LogP contribution in [-0.2, 0) is 0 Å². The van der Waals surface area contributed by atoms with Crippen molar-refractivity contribution in [3.63, 3.8) is 0 Å². The van der Waals surface area contributed by atoms with Gasteiger partial charge in [0, 0.05) is 19.1 Å². The van der Waals surface area contributed by atoms with Gasteiger partial charge in [0.05, 0.1) is 6.04 Å². The van der Waals surface area contributed by atoms with Gasteiger partial charge in [0.2, 0.25) is 0 Å². The van der Waals surface area contributed by atoms with E-state index in [0.717, 1.165) is 24.7 Å². The third-order valence-electron chi connectivity index (χ3n) is 2.47. The molecule has 0 radical (unpaired) electrons. The SMILES string of the molecule is Cc1nc(C(C)N2CC(N)C2)n[nH]1. The summed E-state index contributed by atoms with van der Waals surface area (Å²) in [5.74, 6) is 1.73. The summed E-state index contributed by atoms with van der Waals surface area (Å²) in [7, 11) is 0. The number of H-pyrrole nitrogens is 1. The van der Waals surface area contributed by atoms with Gasteiger partial charge >= 0.3 is 0 Å². The molecule has 13 heavy (non-hydrogen) atoms. The fourth-order valence-electron chi connectivity index (χ4n) is 1.58. The summed E-state index contributed by atoms with van der Waals surface area (Å²) in [6.45, 7) is 5.92. The predicted octanol–water partition coefficient (Wildman–Crippen LogP) is -0.183. The molecule has 1 saturated heterocycles. The zero-order valence-corrected chi connectivity index (χ0v) is 7.99. The van der Waals surface area contributed by atoms with E-state index < -0.39 is 0 Å². The number of nitrogens with zero attached hydrogens (tertiary/aromatic N) is 3. The molecule has 2 rings (SSSR count). The molecule has 1 aromatic heterocycles. The lowest BCUT2D eigenvalue weighted by Crippen LogP contribution is -2.56. The molecule has 5 heteroatoms. The summed E-state index contributed by atoms with van der Waals surface area (Å²) in [6, 6.07) is 0.618. The van der Waals surface area contributed by atoms with Crippen LogP contribution >= 0.6 is 0 Å². The number of nitrogens with one attached hydrogen (secondary N) is 1. The average Bonchev–Trinajstić information content (AvgIpc) is 2.45. The number of aromatic amines is 1. The van der Waals surface area contributed by atoms with E-state index in [2.05, 4.69) is 27.0 Å². The lowest BCUT2D eigenvalue weighted by molar-refractivity contribution is 0.0988. The minimum absolute atomic E-state index is 0.282. The van der Waals surface area contributed by atoms with Crippen LogP contribution in [0.2, 0.25) is 0 Å². The smallest absolute Gasteiger partial charge is 0.167 e. The molecule has 72 valence electrons. The number of likely N-dealkylation sites (tertiary alicyclic amines) is 1. The van der Waals surface area contributed by atoms with E-state index in [1.165, 1.54) is 0 Å². The maximum atomic E-state index is 5.70. The summed E-state index contributed by atoms with van der Waals surface area (Å²) in [5.41, 5.74) is 5.70. The van der Waals surface area contributed by atoms with Gasteiger partial charge in [-0.2, -0.15) is 5.10 Å². The highest BCUT2D eigenvalue weighted by molar-refractivity contribution is 4.98. The fraction of sp³-hybridized carbons (Fsp3) is 0.750. The number of hydrogen-bond acceptors (Lipinski definition) is 4. The molecule has 1 aliphatic heterocycles. The van der Waals surface area contributed by atoms with E-state index >= 15 is 0 Å². The van der Waals surface area contributed by atoms with Crippen LogP contribution in [0.15, 0.2) is 0 Å². The largest absolute Gasteiger partial charge is 0.325 e. The lowest BCUT2D eigenvalue weighted by Gasteiger charge is -2.40. The van der Waals surface area contributed by atoms with Gasteiger partial charge in [-0.1, -0.05) is 0 Å². The number of nitrogens with two attached hydrogens (primary N) is 1. The van der Waals surface area contributed by atoms with E-state index in [9.17, 15) is 0 Å². The molecule has 0 saturated carbocycles. The molecule has 0 amide bonds. The first-order chi connectivity index (χ1) is 6.16. The molecule has 0 spiro atoms. The summed E-state index contributed by atoms with van der Waals surface area (Å²) in [4.78, 5) is 6.56. The monoisotopic (exact) mass is 181 g/mol. The molecular weight excluding hydrogens is 166 g/mol. The highest BCUT2D eigenvalue weighted by atomic mass is 15.3. The zero-order chi connectivity index (χ0) is 9.42. The second-order valence-corrected chi connectivity index (χ2v) is 3.67. The zero-order valence-electron chi connectivity index (χ0n) is 7.99. The van der Waals surface area contributed by atoms with E-state index in [1.807, 2.05) is 6.92 Å². The van der Waals surface area contributed by atoms with Gasteiger partial charge in [0.1, 0.15) is 5.82 Å². The number of hydrogen-bond donors (Lipinski definition) is 2. The van der Waals surface area contributed by atoms with Crippen LogP contribution in [0.4, 0.5) is 0 Å². The van der Waals surface area contributed by atoms with Gasteiger partial charge in [0.15, 0.2) is 5.82 Å². The van der Waals surface area contributed by atoms with Crippen molar-refractivity contribution < 1.29 is 0 Å². The van der Waals surface area contributed by atoms with Crippen molar-refractivity contribution in [2.24, 2.45) is 5.73 Å². The normalized spacial score (nSPS) is 21.5. The third-order valence-corrected chi connectivity index (χ3v) is 2.47. The van der Waals surface area contributed by atoms with Crippen molar-refractivity contribution in [3.8, 4) is 0 Å². The van der Waals surface area contributed by atoms with Gasteiger partial charge < -0.3 is 5.73 Å². The quantitative estimate of drug-likeness (QED) is 0.664. The Balaban J connectivity index is 2.01. The minimum Gasteiger partial charge on any atom is -0.325 e. The minimum atomic E-state index is 0.282. The lowest BCUT2D eigenvalue weighted by atomic mass is 10.1. The molecule has 0 aliphatic carbocycles. The first-order valence-corrected chi connectivity index (χ1v) is 4.55. The molecular formula is C8H15N5. The van der Waals surface area contributed by atoms with Gasteiger partial charge in [-0.05, 0) is 13.8 Å². The van der Waals surface area contributed by atoms with Crippen LogP contribution in [0.25, 0.3) is 0 Å². The van der Waals surface area contributed by atoms with Crippen LogP contribution in [0, 0.1) is 6.92 Å². The Bertz CT molecular complexity index is 288. The van der Waals surface area contributed by atoms with Gasteiger partial charge in [-0.25, -0.2) is 4.98 Å². The molecule has 1 unspecified atom stereocenters. The second-order valence-electron chi connectivity index (χ2n) is 3.67. The van der Waals surface area contributed by atoms with E-state index in [1.54, 1.807) is 0 Å². The highest BCUT2D eigenvalue weighted by Crippen LogP contribution is 2.21. The summed E-state index contributed by atoms with van der Waals surface area (Å²) >= 11 is 0. The van der Waals surface area contributed by atoms with E-state index in [-0.39, 0.29) is 6.04 Å². The number of aromatic nitrogens is 3. The molecule has 1 atom stereocenters. The second kappa shape index (κ2) is 3.08. The Morgan fingerprint density at radius 1 is 1.62 bits per heavy atom. The van der Waals surface area contributed by atoms with Crippen molar-refractivity contribution in [3.05, 3.63) is 11.6 Å². The highest BCUT2D eigenvalue weighted by Gasteiger charge is 2.29. The Labute approximate surface area is 77.3 Å². The molecule has 1 fully saturated rings. The first kappa shape index (κ1) is 8.65. The van der Waals surface area contributed by atoms with Gasteiger partial charge in [-0.3, -0.25) is 10.00 Å². The van der Waals surface area contributed by atoms with Crippen molar-refractivity contribution >= 4 is 0 Å². The third kappa shape index (κ3) is 1.57.